The van der Waals surface area contributed by atoms with Crippen LogP contribution in [-0.4, -0.2) is 33.2 Å². The van der Waals surface area contributed by atoms with Gasteiger partial charge in [0.15, 0.2) is 0 Å². The number of carbonyl (C=O) groups excluding carboxylic acids is 2. The molecule has 0 aliphatic carbocycles. The maximum atomic E-state index is 12.9. The second-order valence-corrected chi connectivity index (χ2v) is 11.0. The van der Waals surface area contributed by atoms with Crippen LogP contribution in [0.4, 0.5) is 0 Å². The lowest BCUT2D eigenvalue weighted by Crippen LogP contribution is -2.14. The molecule has 1 amide bonds. The van der Waals surface area contributed by atoms with Crippen molar-refractivity contribution in [2.24, 2.45) is 4.99 Å². The van der Waals surface area contributed by atoms with Crippen LogP contribution >= 0.6 is 46.6 Å². The summed E-state index contributed by atoms with van der Waals surface area (Å²) in [5.41, 5.74) is 2.63. The fraction of sp³-hybridized carbons (Fsp3) is 0.100. The molecule has 202 valence electrons. The van der Waals surface area contributed by atoms with Crippen molar-refractivity contribution in [3.8, 4) is 0 Å². The van der Waals surface area contributed by atoms with Gasteiger partial charge in [-0.05, 0) is 48.9 Å². The zero-order valence-corrected chi connectivity index (χ0v) is 24.1. The molecule has 6 nitrogen and oxygen atoms in total. The molecule has 0 spiro atoms. The van der Waals surface area contributed by atoms with Gasteiger partial charge in [0.05, 0.1) is 22.1 Å². The highest BCUT2D eigenvalue weighted by Gasteiger charge is 2.34. The number of nitrogens with zero attached hydrogens (tertiary/aromatic N) is 2. The van der Waals surface area contributed by atoms with Crippen molar-refractivity contribution in [3.63, 3.8) is 0 Å². The molecule has 0 saturated heterocycles. The van der Waals surface area contributed by atoms with Gasteiger partial charge in [-0.15, -0.1) is 0 Å². The van der Waals surface area contributed by atoms with Gasteiger partial charge >= 0.3 is 5.97 Å². The zero-order chi connectivity index (χ0) is 28.4. The third-order valence-corrected chi connectivity index (χ3v) is 8.08. The molecule has 0 bridgehead atoms. The van der Waals surface area contributed by atoms with Crippen LogP contribution < -0.4 is 0 Å². The first-order valence-corrected chi connectivity index (χ1v) is 14.1. The first-order chi connectivity index (χ1) is 19.3. The van der Waals surface area contributed by atoms with E-state index in [1.54, 1.807) is 49.4 Å². The molecule has 3 aromatic carbocycles. The highest BCUT2D eigenvalue weighted by Crippen LogP contribution is 2.40. The minimum absolute atomic E-state index is 0.0313. The summed E-state index contributed by atoms with van der Waals surface area (Å²) < 4.78 is 7.20. The number of para-hydroxylation sites is 1. The first-order valence-electron chi connectivity index (χ1n) is 12.2. The van der Waals surface area contributed by atoms with Crippen LogP contribution in [0.1, 0.15) is 28.4 Å². The predicted molar refractivity (Wildman–Crippen MR) is 163 cm³/mol. The van der Waals surface area contributed by atoms with E-state index in [0.717, 1.165) is 33.8 Å². The van der Waals surface area contributed by atoms with E-state index in [9.17, 15) is 14.7 Å². The van der Waals surface area contributed by atoms with E-state index in [2.05, 4.69) is 4.99 Å². The summed E-state index contributed by atoms with van der Waals surface area (Å²) in [6.45, 7) is 2.23. The van der Waals surface area contributed by atoms with Crippen molar-refractivity contribution in [1.29, 1.82) is 0 Å². The van der Waals surface area contributed by atoms with E-state index < -0.39 is 11.9 Å². The van der Waals surface area contributed by atoms with Crippen LogP contribution in [0.15, 0.2) is 94.2 Å². The van der Waals surface area contributed by atoms with Crippen LogP contribution in [0.5, 0.6) is 0 Å². The summed E-state index contributed by atoms with van der Waals surface area (Å²) in [5.74, 6) is -1.73. The van der Waals surface area contributed by atoms with Crippen molar-refractivity contribution in [2.75, 3.05) is 6.61 Å². The third-order valence-electron chi connectivity index (χ3n) is 6.14. The Morgan fingerprint density at radius 1 is 1.02 bits per heavy atom. The number of amides is 1. The lowest BCUT2D eigenvalue weighted by molar-refractivity contribution is -0.138. The van der Waals surface area contributed by atoms with Crippen molar-refractivity contribution in [2.45, 2.75) is 13.5 Å². The molecule has 0 saturated carbocycles. The lowest BCUT2D eigenvalue weighted by Gasteiger charge is -2.08. The SMILES string of the molecule is CCOC(=O)C1=C(O)/C(=C/c2cn(Cc3ccc(Cl)cc3Cl)c3ccccc23)SC1=NC(=O)c1ccccc1Cl. The Hall–Kier alpha value is -3.49. The van der Waals surface area contributed by atoms with Gasteiger partial charge in [-0.25, -0.2) is 9.79 Å². The van der Waals surface area contributed by atoms with E-state index in [4.69, 9.17) is 39.5 Å². The van der Waals surface area contributed by atoms with Crippen LogP contribution in [-0.2, 0) is 16.1 Å². The molecule has 40 heavy (non-hydrogen) atoms. The summed E-state index contributed by atoms with van der Waals surface area (Å²) >= 11 is 19.7. The minimum Gasteiger partial charge on any atom is -0.506 e. The van der Waals surface area contributed by atoms with E-state index >= 15 is 0 Å². The molecule has 4 aromatic rings. The molecule has 0 fully saturated rings. The Morgan fingerprint density at radius 3 is 2.52 bits per heavy atom. The van der Waals surface area contributed by atoms with Gasteiger partial charge < -0.3 is 14.4 Å². The Balaban J connectivity index is 1.56. The number of esters is 1. The number of benzene rings is 3. The van der Waals surface area contributed by atoms with Gasteiger partial charge in [-0.2, -0.15) is 0 Å². The number of carbonyl (C=O) groups is 2. The molecule has 10 heteroatoms. The predicted octanol–water partition coefficient (Wildman–Crippen LogP) is 8.35. The number of hydrogen-bond acceptors (Lipinski definition) is 5. The molecule has 2 heterocycles. The molecule has 0 unspecified atom stereocenters. The molecule has 0 atom stereocenters. The number of rotatable bonds is 6. The summed E-state index contributed by atoms with van der Waals surface area (Å²) in [4.78, 5) is 30.2. The molecule has 0 radical (unpaired) electrons. The van der Waals surface area contributed by atoms with Gasteiger partial charge in [-0.1, -0.05) is 83.0 Å². The van der Waals surface area contributed by atoms with E-state index in [1.165, 1.54) is 0 Å². The van der Waals surface area contributed by atoms with Gasteiger partial charge in [0.1, 0.15) is 16.4 Å². The van der Waals surface area contributed by atoms with E-state index in [0.29, 0.717) is 21.5 Å². The second-order valence-electron chi connectivity index (χ2n) is 8.72. The van der Waals surface area contributed by atoms with Crippen LogP contribution in [0, 0.1) is 0 Å². The number of fused-ring (bicyclic) bond motifs is 1. The number of aliphatic imine (C=N–C) groups is 1. The monoisotopic (exact) mass is 610 g/mol. The van der Waals surface area contributed by atoms with Crippen molar-refractivity contribution >= 4 is 80.5 Å². The van der Waals surface area contributed by atoms with Gasteiger partial charge in [0.25, 0.3) is 5.91 Å². The maximum Gasteiger partial charge on any atom is 0.344 e. The molecule has 1 aromatic heterocycles. The Kier molecular flexibility index (Phi) is 8.38. The maximum absolute atomic E-state index is 12.9. The summed E-state index contributed by atoms with van der Waals surface area (Å²) in [7, 11) is 0. The zero-order valence-electron chi connectivity index (χ0n) is 21.0. The van der Waals surface area contributed by atoms with E-state index in [-0.39, 0.29) is 33.6 Å². The van der Waals surface area contributed by atoms with Gasteiger partial charge in [-0.3, -0.25) is 4.79 Å². The second kappa shape index (κ2) is 11.9. The highest BCUT2D eigenvalue weighted by atomic mass is 35.5. The van der Waals surface area contributed by atoms with Crippen LogP contribution in [0.2, 0.25) is 15.1 Å². The fourth-order valence-electron chi connectivity index (χ4n) is 4.27. The average Bonchev–Trinajstić information content (AvgIpc) is 3.42. The highest BCUT2D eigenvalue weighted by molar-refractivity contribution is 8.18. The fourth-order valence-corrected chi connectivity index (χ4v) is 5.96. The molecule has 1 N–H and O–H groups in total. The van der Waals surface area contributed by atoms with Crippen LogP contribution in [0.25, 0.3) is 17.0 Å². The summed E-state index contributed by atoms with van der Waals surface area (Å²) in [6.07, 6.45) is 3.69. The number of aliphatic hydroxyl groups is 1. The average molecular weight is 612 g/mol. The molecule has 1 aliphatic heterocycles. The minimum atomic E-state index is -0.776. The summed E-state index contributed by atoms with van der Waals surface area (Å²) in [5, 5.41) is 13.4. The van der Waals surface area contributed by atoms with Crippen molar-refractivity contribution in [1.82, 2.24) is 4.57 Å². The van der Waals surface area contributed by atoms with Crippen LogP contribution in [0.3, 0.4) is 0 Å². The number of hydrogen-bond donors (Lipinski definition) is 1. The van der Waals surface area contributed by atoms with Gasteiger partial charge in [0, 0.05) is 39.3 Å². The summed E-state index contributed by atoms with van der Waals surface area (Å²) in [6, 6.07) is 19.7. The number of halogens is 3. The van der Waals surface area contributed by atoms with E-state index in [1.807, 2.05) is 41.1 Å². The smallest absolute Gasteiger partial charge is 0.344 e. The first kappa shape index (κ1) is 28.1. The van der Waals surface area contributed by atoms with Gasteiger partial charge in [0.2, 0.25) is 0 Å². The topological polar surface area (TPSA) is 80.9 Å². The molecular formula is C30H21Cl3N2O4S. The number of aliphatic hydroxyl groups excluding tert-OH is 1. The Morgan fingerprint density at radius 2 is 1.77 bits per heavy atom. The molecular weight excluding hydrogens is 591 g/mol. The standard InChI is InChI=1S/C30H21Cl3N2O4S/c1-2-39-30(38)26-27(36)25(40-29(26)34-28(37)21-8-3-5-9-22(21)32)13-18-16-35(24-10-6-4-7-20(18)24)15-17-11-12-19(31)14-23(17)33/h3-14,16,36H,2,15H2,1H3/b25-13-,34-29?. The van der Waals surface area contributed by atoms with Crippen molar-refractivity contribution in [3.05, 3.63) is 121 Å². The van der Waals surface area contributed by atoms with Crippen molar-refractivity contribution < 1.29 is 19.4 Å². The Bertz CT molecular complexity index is 1760. The quantitative estimate of drug-likeness (QED) is 0.222. The Labute approximate surface area is 249 Å². The third kappa shape index (κ3) is 5.69. The normalized spacial score (nSPS) is 15.4. The number of aromatic nitrogens is 1. The lowest BCUT2D eigenvalue weighted by atomic mass is 10.1. The number of ether oxygens (including phenoxy) is 1. The molecule has 5 rings (SSSR count). The number of thioether (sulfide) groups is 1. The molecule has 1 aliphatic rings. The largest absolute Gasteiger partial charge is 0.506 e.